The number of ether oxygens (including phenoxy) is 1. The molecule has 1 heterocycles. The van der Waals surface area contributed by atoms with Crippen molar-refractivity contribution in [2.75, 3.05) is 33.3 Å². The fourth-order valence-electron chi connectivity index (χ4n) is 3.77. The summed E-state index contributed by atoms with van der Waals surface area (Å²) >= 11 is 3.41. The van der Waals surface area contributed by atoms with Crippen LogP contribution in [0.25, 0.3) is 0 Å². The lowest BCUT2D eigenvalue weighted by molar-refractivity contribution is -0.134. The predicted molar refractivity (Wildman–Crippen MR) is 111 cm³/mol. The summed E-state index contributed by atoms with van der Waals surface area (Å²) in [5, 5.41) is 6.71. The number of nitrogens with zero attached hydrogens (tertiary/aromatic N) is 2. The van der Waals surface area contributed by atoms with Gasteiger partial charge in [-0.3, -0.25) is 9.79 Å². The van der Waals surface area contributed by atoms with Crippen molar-refractivity contribution in [3.05, 3.63) is 28.7 Å². The highest BCUT2D eigenvalue weighted by molar-refractivity contribution is 9.10. The molecule has 6 nitrogen and oxygen atoms in total. The topological polar surface area (TPSA) is 66.0 Å². The first-order valence-corrected chi connectivity index (χ1v) is 10.6. The van der Waals surface area contributed by atoms with Crippen molar-refractivity contribution in [1.82, 2.24) is 15.5 Å². The van der Waals surface area contributed by atoms with Crippen molar-refractivity contribution in [1.29, 1.82) is 0 Å². The normalized spacial score (nSPS) is 20.7. The van der Waals surface area contributed by atoms with E-state index in [2.05, 4.69) is 31.6 Å². The maximum atomic E-state index is 12.5. The standard InChI is InChI=1S/C20H29BrN4O2/c1-22-20(23-11-13-27-18-8-6-16(21)7-9-18)24-17-10-12-25(14-17)19(26)15-4-2-3-5-15/h6-9,15,17H,2-5,10-14H2,1H3,(H2,22,23,24). The molecule has 1 aromatic rings. The second-order valence-electron chi connectivity index (χ2n) is 7.20. The number of hydrogen-bond acceptors (Lipinski definition) is 3. The number of carbonyl (C=O) groups is 1. The number of benzene rings is 1. The van der Waals surface area contributed by atoms with Crippen LogP contribution in [0, 0.1) is 5.92 Å². The smallest absolute Gasteiger partial charge is 0.225 e. The van der Waals surface area contributed by atoms with Gasteiger partial charge in [0.05, 0.1) is 6.54 Å². The van der Waals surface area contributed by atoms with Gasteiger partial charge in [-0.05, 0) is 43.5 Å². The molecule has 1 saturated carbocycles. The molecule has 2 fully saturated rings. The van der Waals surface area contributed by atoms with E-state index in [0.717, 1.165) is 48.5 Å². The van der Waals surface area contributed by atoms with Crippen LogP contribution in [0.2, 0.25) is 0 Å². The summed E-state index contributed by atoms with van der Waals surface area (Å²) in [5.74, 6) is 2.22. The largest absolute Gasteiger partial charge is 0.492 e. The van der Waals surface area contributed by atoms with E-state index in [-0.39, 0.29) is 12.0 Å². The number of amides is 1. The van der Waals surface area contributed by atoms with Crippen molar-refractivity contribution in [2.24, 2.45) is 10.9 Å². The van der Waals surface area contributed by atoms with Gasteiger partial charge in [-0.25, -0.2) is 0 Å². The number of hydrogen-bond donors (Lipinski definition) is 2. The lowest BCUT2D eigenvalue weighted by Crippen LogP contribution is -2.46. The molecule has 0 aromatic heterocycles. The average molecular weight is 437 g/mol. The summed E-state index contributed by atoms with van der Waals surface area (Å²) in [5.41, 5.74) is 0. The van der Waals surface area contributed by atoms with Crippen molar-refractivity contribution < 1.29 is 9.53 Å². The number of guanidine groups is 1. The molecule has 0 bridgehead atoms. The molecule has 2 N–H and O–H groups in total. The van der Waals surface area contributed by atoms with Gasteiger partial charge >= 0.3 is 0 Å². The van der Waals surface area contributed by atoms with Crippen LogP contribution < -0.4 is 15.4 Å². The van der Waals surface area contributed by atoms with Gasteiger partial charge in [-0.1, -0.05) is 28.8 Å². The van der Waals surface area contributed by atoms with Gasteiger partial charge in [0.25, 0.3) is 0 Å². The quantitative estimate of drug-likeness (QED) is 0.408. The molecular weight excluding hydrogens is 408 g/mol. The number of rotatable bonds is 6. The van der Waals surface area contributed by atoms with Crippen LogP contribution in [0.1, 0.15) is 32.1 Å². The molecule has 1 aromatic carbocycles. The van der Waals surface area contributed by atoms with Crippen LogP contribution in [0.15, 0.2) is 33.7 Å². The Morgan fingerprint density at radius 2 is 2.00 bits per heavy atom. The minimum Gasteiger partial charge on any atom is -0.492 e. The number of nitrogens with one attached hydrogen (secondary N) is 2. The summed E-state index contributed by atoms with van der Waals surface area (Å²) < 4.78 is 6.75. The first kappa shape index (κ1) is 20.0. The van der Waals surface area contributed by atoms with Gasteiger partial charge in [-0.15, -0.1) is 0 Å². The Morgan fingerprint density at radius 1 is 1.26 bits per heavy atom. The molecule has 1 amide bonds. The van der Waals surface area contributed by atoms with Crippen molar-refractivity contribution >= 4 is 27.8 Å². The van der Waals surface area contributed by atoms with Gasteiger partial charge in [0, 0.05) is 36.6 Å². The number of aliphatic imine (C=N–C) groups is 1. The number of likely N-dealkylation sites (tertiary alicyclic amines) is 1. The predicted octanol–water partition coefficient (Wildman–Crippen LogP) is 2.78. The monoisotopic (exact) mass is 436 g/mol. The first-order chi connectivity index (χ1) is 13.2. The summed E-state index contributed by atoms with van der Waals surface area (Å²) in [7, 11) is 1.77. The Morgan fingerprint density at radius 3 is 2.70 bits per heavy atom. The van der Waals surface area contributed by atoms with E-state index in [4.69, 9.17) is 4.74 Å². The second-order valence-corrected chi connectivity index (χ2v) is 8.11. The fourth-order valence-corrected chi connectivity index (χ4v) is 4.03. The minimum absolute atomic E-state index is 0.258. The molecule has 27 heavy (non-hydrogen) atoms. The number of carbonyl (C=O) groups excluding carboxylic acids is 1. The van der Waals surface area contributed by atoms with E-state index in [1.165, 1.54) is 12.8 Å². The van der Waals surface area contributed by atoms with E-state index in [0.29, 0.717) is 19.1 Å². The molecule has 1 aliphatic carbocycles. The van der Waals surface area contributed by atoms with Gasteiger partial charge in [0.2, 0.25) is 5.91 Å². The van der Waals surface area contributed by atoms with Crippen molar-refractivity contribution in [2.45, 2.75) is 38.1 Å². The molecule has 1 unspecified atom stereocenters. The molecule has 1 saturated heterocycles. The highest BCUT2D eigenvalue weighted by Gasteiger charge is 2.32. The van der Waals surface area contributed by atoms with E-state index in [1.807, 2.05) is 29.2 Å². The summed E-state index contributed by atoms with van der Waals surface area (Å²) in [4.78, 5) is 18.9. The molecule has 7 heteroatoms. The molecule has 1 atom stereocenters. The summed E-state index contributed by atoms with van der Waals surface area (Å²) in [6, 6.07) is 8.05. The van der Waals surface area contributed by atoms with Gasteiger partial charge in [0.15, 0.2) is 5.96 Å². The summed E-state index contributed by atoms with van der Waals surface area (Å²) in [6.45, 7) is 2.83. The lowest BCUT2D eigenvalue weighted by atomic mass is 10.1. The van der Waals surface area contributed by atoms with Crippen molar-refractivity contribution in [3.8, 4) is 5.75 Å². The van der Waals surface area contributed by atoms with Gasteiger partial charge in [0.1, 0.15) is 12.4 Å². The third kappa shape index (κ3) is 5.86. The first-order valence-electron chi connectivity index (χ1n) is 9.80. The zero-order valence-electron chi connectivity index (χ0n) is 15.9. The summed E-state index contributed by atoms with van der Waals surface area (Å²) in [6.07, 6.45) is 5.49. The van der Waals surface area contributed by atoms with Crippen LogP contribution in [-0.4, -0.2) is 56.1 Å². The van der Waals surface area contributed by atoms with Crippen molar-refractivity contribution in [3.63, 3.8) is 0 Å². The molecule has 3 rings (SSSR count). The van der Waals surface area contributed by atoms with Crippen LogP contribution >= 0.6 is 15.9 Å². The fraction of sp³-hybridized carbons (Fsp3) is 0.600. The van der Waals surface area contributed by atoms with E-state index < -0.39 is 0 Å². The zero-order chi connectivity index (χ0) is 19.1. The molecular formula is C20H29BrN4O2. The Labute approximate surface area is 169 Å². The van der Waals surface area contributed by atoms with E-state index >= 15 is 0 Å². The molecule has 2 aliphatic rings. The van der Waals surface area contributed by atoms with Gasteiger partial charge < -0.3 is 20.3 Å². The highest BCUT2D eigenvalue weighted by Crippen LogP contribution is 2.27. The Bertz CT molecular complexity index is 644. The number of halogens is 1. The van der Waals surface area contributed by atoms with Crippen LogP contribution in [-0.2, 0) is 4.79 Å². The van der Waals surface area contributed by atoms with Crippen LogP contribution in [0.3, 0.4) is 0 Å². The minimum atomic E-state index is 0.258. The molecule has 0 spiro atoms. The second kappa shape index (κ2) is 9.97. The van der Waals surface area contributed by atoms with Crippen LogP contribution in [0.5, 0.6) is 5.75 Å². The third-order valence-electron chi connectivity index (χ3n) is 5.25. The zero-order valence-corrected chi connectivity index (χ0v) is 17.5. The molecule has 0 radical (unpaired) electrons. The lowest BCUT2D eigenvalue weighted by Gasteiger charge is -2.21. The molecule has 148 valence electrons. The Hall–Kier alpha value is -1.76. The highest BCUT2D eigenvalue weighted by atomic mass is 79.9. The maximum absolute atomic E-state index is 12.5. The van der Waals surface area contributed by atoms with E-state index in [1.54, 1.807) is 7.05 Å². The molecule has 1 aliphatic heterocycles. The average Bonchev–Trinajstić information content (AvgIpc) is 3.37. The third-order valence-corrected chi connectivity index (χ3v) is 5.77. The van der Waals surface area contributed by atoms with Gasteiger partial charge in [-0.2, -0.15) is 0 Å². The maximum Gasteiger partial charge on any atom is 0.225 e. The Kier molecular flexibility index (Phi) is 7.38. The van der Waals surface area contributed by atoms with E-state index in [9.17, 15) is 4.79 Å². The van der Waals surface area contributed by atoms with Crippen LogP contribution in [0.4, 0.5) is 0 Å². The SMILES string of the molecule is CN=C(NCCOc1ccc(Br)cc1)NC1CCN(C(=O)C2CCCC2)C1. The Balaban J connectivity index is 1.36.